The van der Waals surface area contributed by atoms with Gasteiger partial charge in [-0.1, -0.05) is 66.7 Å². The molecule has 0 bridgehead atoms. The third-order valence-corrected chi connectivity index (χ3v) is 3.76. The van der Waals surface area contributed by atoms with E-state index in [9.17, 15) is 0 Å². The summed E-state index contributed by atoms with van der Waals surface area (Å²) in [6, 6.07) is 19.3. The van der Waals surface area contributed by atoms with Crippen LogP contribution in [0.5, 0.6) is 0 Å². The van der Waals surface area contributed by atoms with Crippen LogP contribution in [0, 0.1) is 12.8 Å². The van der Waals surface area contributed by atoms with Gasteiger partial charge in [-0.15, -0.1) is 0 Å². The van der Waals surface area contributed by atoms with Gasteiger partial charge in [-0.25, -0.2) is 0 Å². The molecule has 0 radical (unpaired) electrons. The predicted molar refractivity (Wildman–Crippen MR) is 77.5 cm³/mol. The molecule has 1 aliphatic carbocycles. The molecule has 2 atom stereocenters. The van der Waals surface area contributed by atoms with Gasteiger partial charge in [0.2, 0.25) is 0 Å². The molecule has 0 aromatic heterocycles. The molecule has 0 unspecified atom stereocenters. The summed E-state index contributed by atoms with van der Waals surface area (Å²) in [7, 11) is 0. The van der Waals surface area contributed by atoms with Crippen LogP contribution in [0.2, 0.25) is 0 Å². The van der Waals surface area contributed by atoms with Crippen LogP contribution in [-0.4, -0.2) is 0 Å². The van der Waals surface area contributed by atoms with Crippen LogP contribution in [0.25, 0.3) is 6.08 Å². The minimum atomic E-state index is 0.728. The Morgan fingerprint density at radius 1 is 0.944 bits per heavy atom. The summed E-state index contributed by atoms with van der Waals surface area (Å²) in [6.45, 7) is 2.21. The molecule has 0 saturated heterocycles. The van der Waals surface area contributed by atoms with Crippen molar-refractivity contribution in [1.82, 2.24) is 0 Å². The van der Waals surface area contributed by atoms with E-state index in [0.717, 1.165) is 11.8 Å². The molecule has 0 nitrogen and oxygen atoms in total. The Hall–Kier alpha value is -1.82. The van der Waals surface area contributed by atoms with Crippen molar-refractivity contribution in [3.63, 3.8) is 0 Å². The molecule has 0 N–H and O–H groups in total. The molecule has 2 aromatic rings. The number of rotatable bonds is 3. The van der Waals surface area contributed by atoms with Gasteiger partial charge in [0.25, 0.3) is 0 Å². The van der Waals surface area contributed by atoms with Gasteiger partial charge in [0.05, 0.1) is 0 Å². The van der Waals surface area contributed by atoms with Gasteiger partial charge < -0.3 is 0 Å². The second kappa shape index (κ2) is 4.81. The van der Waals surface area contributed by atoms with E-state index in [1.54, 1.807) is 0 Å². The summed E-state index contributed by atoms with van der Waals surface area (Å²) < 4.78 is 0. The average Bonchev–Trinajstić information content (AvgIpc) is 3.18. The molecule has 18 heavy (non-hydrogen) atoms. The largest absolute Gasteiger partial charge is 0.0802 e. The number of hydrogen-bond donors (Lipinski definition) is 0. The van der Waals surface area contributed by atoms with Gasteiger partial charge in [0.15, 0.2) is 0 Å². The van der Waals surface area contributed by atoms with Crippen molar-refractivity contribution in [3.8, 4) is 0 Å². The second-order valence-corrected chi connectivity index (χ2v) is 5.13. The van der Waals surface area contributed by atoms with Gasteiger partial charge in [-0.2, -0.15) is 0 Å². The Morgan fingerprint density at radius 3 is 2.44 bits per heavy atom. The first-order chi connectivity index (χ1) is 8.84. The summed E-state index contributed by atoms with van der Waals surface area (Å²) >= 11 is 0. The van der Waals surface area contributed by atoms with Gasteiger partial charge in [-0.05, 0) is 41.9 Å². The van der Waals surface area contributed by atoms with E-state index < -0.39 is 0 Å². The summed E-state index contributed by atoms with van der Waals surface area (Å²) in [4.78, 5) is 0. The molecule has 2 aromatic carbocycles. The number of aryl methyl sites for hydroxylation is 1. The van der Waals surface area contributed by atoms with E-state index in [4.69, 9.17) is 0 Å². The highest BCUT2D eigenvalue weighted by Crippen LogP contribution is 2.49. The van der Waals surface area contributed by atoms with E-state index in [1.165, 1.54) is 23.1 Å². The first-order valence-corrected chi connectivity index (χ1v) is 6.63. The van der Waals surface area contributed by atoms with E-state index >= 15 is 0 Å². The Balaban J connectivity index is 1.69. The fraction of sp³-hybridized carbons (Fsp3) is 0.222. The SMILES string of the molecule is Cc1ccccc1[C@@H]1C[C@@H]1/C=C/c1ccccc1. The third-order valence-electron chi connectivity index (χ3n) is 3.76. The molecule has 0 amide bonds. The zero-order valence-electron chi connectivity index (χ0n) is 10.7. The fourth-order valence-corrected chi connectivity index (χ4v) is 2.59. The molecule has 90 valence electrons. The van der Waals surface area contributed by atoms with Crippen molar-refractivity contribution in [2.75, 3.05) is 0 Å². The van der Waals surface area contributed by atoms with Crippen LogP contribution in [0.4, 0.5) is 0 Å². The summed E-state index contributed by atoms with van der Waals surface area (Å²) in [5.41, 5.74) is 4.26. The Labute approximate surface area is 109 Å². The van der Waals surface area contributed by atoms with E-state index in [1.807, 2.05) is 0 Å². The van der Waals surface area contributed by atoms with E-state index in [-0.39, 0.29) is 0 Å². The Bertz CT molecular complexity index is 551. The number of allylic oxidation sites excluding steroid dienone is 1. The lowest BCUT2D eigenvalue weighted by Crippen LogP contribution is -1.85. The number of benzene rings is 2. The lowest BCUT2D eigenvalue weighted by molar-refractivity contribution is 1.00. The molecular formula is C18H18. The standard InChI is InChI=1S/C18H18/c1-14-7-5-6-10-17(14)18-13-16(18)12-11-15-8-3-2-4-9-15/h2-12,16,18H,13H2,1H3/b12-11+/t16-,18+/m0/s1. The molecule has 0 heteroatoms. The average molecular weight is 234 g/mol. The Morgan fingerprint density at radius 2 is 1.67 bits per heavy atom. The van der Waals surface area contributed by atoms with Gasteiger partial charge in [-0.3, -0.25) is 0 Å². The predicted octanol–water partition coefficient (Wildman–Crippen LogP) is 4.81. The van der Waals surface area contributed by atoms with Crippen molar-refractivity contribution >= 4 is 6.08 Å². The van der Waals surface area contributed by atoms with Crippen LogP contribution >= 0.6 is 0 Å². The first-order valence-electron chi connectivity index (χ1n) is 6.63. The van der Waals surface area contributed by atoms with Crippen molar-refractivity contribution in [1.29, 1.82) is 0 Å². The maximum absolute atomic E-state index is 2.37. The van der Waals surface area contributed by atoms with Crippen LogP contribution in [0.15, 0.2) is 60.7 Å². The highest BCUT2D eigenvalue weighted by Gasteiger charge is 2.36. The molecule has 1 fully saturated rings. The molecule has 3 rings (SSSR count). The van der Waals surface area contributed by atoms with Crippen LogP contribution in [-0.2, 0) is 0 Å². The maximum Gasteiger partial charge on any atom is -0.00902 e. The van der Waals surface area contributed by atoms with Crippen LogP contribution in [0.1, 0.15) is 29.0 Å². The zero-order valence-corrected chi connectivity index (χ0v) is 10.7. The molecule has 0 heterocycles. The molecule has 1 saturated carbocycles. The normalized spacial score (nSPS) is 22.3. The molecular weight excluding hydrogens is 216 g/mol. The topological polar surface area (TPSA) is 0 Å². The monoisotopic (exact) mass is 234 g/mol. The summed E-state index contributed by atoms with van der Waals surface area (Å²) in [5.74, 6) is 1.47. The van der Waals surface area contributed by atoms with Crippen molar-refractivity contribution in [2.45, 2.75) is 19.3 Å². The highest BCUT2D eigenvalue weighted by molar-refractivity contribution is 5.50. The number of hydrogen-bond acceptors (Lipinski definition) is 0. The Kier molecular flexibility index (Phi) is 3.02. The van der Waals surface area contributed by atoms with Crippen LogP contribution < -0.4 is 0 Å². The van der Waals surface area contributed by atoms with Crippen molar-refractivity contribution < 1.29 is 0 Å². The van der Waals surface area contributed by atoms with Crippen LogP contribution in [0.3, 0.4) is 0 Å². The van der Waals surface area contributed by atoms with Crippen molar-refractivity contribution in [3.05, 3.63) is 77.4 Å². The zero-order chi connectivity index (χ0) is 12.4. The summed E-state index contributed by atoms with van der Waals surface area (Å²) in [6.07, 6.45) is 5.92. The molecule has 1 aliphatic rings. The van der Waals surface area contributed by atoms with Gasteiger partial charge >= 0.3 is 0 Å². The third kappa shape index (κ3) is 2.38. The minimum Gasteiger partial charge on any atom is -0.0802 e. The van der Waals surface area contributed by atoms with E-state index in [2.05, 4.69) is 73.7 Å². The maximum atomic E-state index is 2.37. The lowest BCUT2D eigenvalue weighted by atomic mass is 10.0. The lowest BCUT2D eigenvalue weighted by Gasteiger charge is -2.02. The quantitative estimate of drug-likeness (QED) is 0.714. The van der Waals surface area contributed by atoms with E-state index in [0.29, 0.717) is 0 Å². The first kappa shape index (κ1) is 11.3. The minimum absolute atomic E-state index is 0.728. The van der Waals surface area contributed by atoms with Crippen molar-refractivity contribution in [2.24, 2.45) is 5.92 Å². The smallest absolute Gasteiger partial charge is 0.00902 e. The van der Waals surface area contributed by atoms with Gasteiger partial charge in [0, 0.05) is 0 Å². The second-order valence-electron chi connectivity index (χ2n) is 5.13. The molecule has 0 aliphatic heterocycles. The fourth-order valence-electron chi connectivity index (χ4n) is 2.59. The summed E-state index contributed by atoms with van der Waals surface area (Å²) in [5, 5.41) is 0. The highest BCUT2D eigenvalue weighted by atomic mass is 14.4. The van der Waals surface area contributed by atoms with Gasteiger partial charge in [0.1, 0.15) is 0 Å². The molecule has 0 spiro atoms.